The number of benzene rings is 1. The molecule has 0 unspecified atom stereocenters. The molecule has 96 valence electrons. The molecule has 1 aliphatic carbocycles. The first kappa shape index (κ1) is 12.8. The zero-order chi connectivity index (χ0) is 13.2. The number of halogens is 2. The van der Waals surface area contributed by atoms with Gasteiger partial charge in [-0.1, -0.05) is 13.3 Å². The van der Waals surface area contributed by atoms with Crippen LogP contribution in [0.5, 0.6) is 0 Å². The van der Waals surface area contributed by atoms with E-state index in [-0.39, 0.29) is 16.7 Å². The van der Waals surface area contributed by atoms with Crippen molar-refractivity contribution < 1.29 is 8.78 Å². The molecular weight excluding hydrogens is 234 g/mol. The average Bonchev–Trinajstić information content (AvgIpc) is 3.12. The van der Waals surface area contributed by atoms with Crippen LogP contribution in [0.1, 0.15) is 38.2 Å². The van der Waals surface area contributed by atoms with Gasteiger partial charge in [-0.15, -0.1) is 0 Å². The van der Waals surface area contributed by atoms with Gasteiger partial charge < -0.3 is 5.32 Å². The van der Waals surface area contributed by atoms with Gasteiger partial charge in [0.25, 0.3) is 0 Å². The van der Waals surface area contributed by atoms with Gasteiger partial charge in [0.1, 0.15) is 6.07 Å². The molecule has 1 N–H and O–H groups in total. The minimum absolute atomic E-state index is 0.147. The Bertz CT molecular complexity index is 487. The van der Waals surface area contributed by atoms with Crippen molar-refractivity contribution >= 4 is 5.69 Å². The van der Waals surface area contributed by atoms with Gasteiger partial charge in [-0.25, -0.2) is 8.78 Å². The lowest BCUT2D eigenvalue weighted by Gasteiger charge is -2.16. The molecule has 0 bridgehead atoms. The zero-order valence-electron chi connectivity index (χ0n) is 10.4. The van der Waals surface area contributed by atoms with Gasteiger partial charge in [0.2, 0.25) is 0 Å². The molecule has 18 heavy (non-hydrogen) atoms. The molecule has 0 amide bonds. The van der Waals surface area contributed by atoms with E-state index in [1.807, 2.05) is 0 Å². The molecule has 2 nitrogen and oxygen atoms in total. The highest BCUT2D eigenvalue weighted by molar-refractivity contribution is 5.50. The fraction of sp³-hybridized carbons (Fsp3) is 0.500. The standard InChI is InChI=1S/C14H16F2N2/c1-2-5-14(6-7-14)9-18-11-4-3-10(8-17)12(15)13(11)16/h3-4,18H,2,5-7,9H2,1H3. The van der Waals surface area contributed by atoms with E-state index in [4.69, 9.17) is 5.26 Å². The number of anilines is 1. The Kier molecular flexibility index (Phi) is 3.51. The van der Waals surface area contributed by atoms with Crippen molar-refractivity contribution in [3.63, 3.8) is 0 Å². The third-order valence-electron chi connectivity index (χ3n) is 3.59. The van der Waals surface area contributed by atoms with Crippen LogP contribution in [0, 0.1) is 28.4 Å². The summed E-state index contributed by atoms with van der Waals surface area (Å²) in [5.74, 6) is -2.02. The van der Waals surface area contributed by atoms with E-state index in [9.17, 15) is 8.78 Å². The van der Waals surface area contributed by atoms with Crippen LogP contribution in [0.15, 0.2) is 12.1 Å². The van der Waals surface area contributed by atoms with Crippen molar-refractivity contribution in [1.82, 2.24) is 0 Å². The van der Waals surface area contributed by atoms with E-state index in [0.717, 1.165) is 25.7 Å². The van der Waals surface area contributed by atoms with E-state index < -0.39 is 11.6 Å². The van der Waals surface area contributed by atoms with Crippen molar-refractivity contribution in [3.05, 3.63) is 29.3 Å². The zero-order valence-corrected chi connectivity index (χ0v) is 10.4. The molecule has 0 heterocycles. The molecule has 0 saturated heterocycles. The van der Waals surface area contributed by atoms with Crippen LogP contribution in [0.2, 0.25) is 0 Å². The summed E-state index contributed by atoms with van der Waals surface area (Å²) in [5.41, 5.74) is 0.160. The van der Waals surface area contributed by atoms with Crippen LogP contribution in [-0.2, 0) is 0 Å². The maximum Gasteiger partial charge on any atom is 0.183 e. The predicted octanol–water partition coefficient (Wildman–Crippen LogP) is 3.83. The lowest BCUT2D eigenvalue weighted by atomic mass is 10.0. The summed E-state index contributed by atoms with van der Waals surface area (Å²) in [4.78, 5) is 0. The van der Waals surface area contributed by atoms with E-state index >= 15 is 0 Å². The first-order valence-electron chi connectivity index (χ1n) is 6.24. The van der Waals surface area contributed by atoms with E-state index in [1.54, 1.807) is 6.07 Å². The fourth-order valence-corrected chi connectivity index (χ4v) is 2.28. The average molecular weight is 250 g/mol. The Labute approximate surface area is 106 Å². The molecule has 1 fully saturated rings. The summed E-state index contributed by atoms with van der Waals surface area (Å²) in [6, 6.07) is 4.36. The molecule has 0 aromatic heterocycles. The second kappa shape index (κ2) is 4.93. The maximum atomic E-state index is 13.6. The Balaban J connectivity index is 2.07. The molecule has 1 aliphatic rings. The summed E-state index contributed by atoms with van der Waals surface area (Å²) < 4.78 is 27.1. The van der Waals surface area contributed by atoms with Crippen LogP contribution in [-0.4, -0.2) is 6.54 Å². The highest BCUT2D eigenvalue weighted by Crippen LogP contribution is 2.49. The Hall–Kier alpha value is -1.63. The van der Waals surface area contributed by atoms with Gasteiger partial charge >= 0.3 is 0 Å². The van der Waals surface area contributed by atoms with E-state index in [2.05, 4.69) is 12.2 Å². The summed E-state index contributed by atoms with van der Waals surface area (Å²) in [6.45, 7) is 2.80. The van der Waals surface area contributed by atoms with Crippen molar-refractivity contribution in [2.75, 3.05) is 11.9 Å². The lowest BCUT2D eigenvalue weighted by molar-refractivity contribution is 0.479. The van der Waals surface area contributed by atoms with E-state index in [1.165, 1.54) is 12.1 Å². The highest BCUT2D eigenvalue weighted by Gasteiger charge is 2.41. The third kappa shape index (κ3) is 2.45. The fourth-order valence-electron chi connectivity index (χ4n) is 2.28. The molecule has 0 radical (unpaired) electrons. The Morgan fingerprint density at radius 3 is 2.61 bits per heavy atom. The van der Waals surface area contributed by atoms with Gasteiger partial charge in [-0.2, -0.15) is 5.26 Å². The molecule has 0 aliphatic heterocycles. The predicted molar refractivity (Wildman–Crippen MR) is 66.1 cm³/mol. The topological polar surface area (TPSA) is 35.8 Å². The van der Waals surface area contributed by atoms with Crippen LogP contribution in [0.25, 0.3) is 0 Å². The number of hydrogen-bond donors (Lipinski definition) is 1. The van der Waals surface area contributed by atoms with Crippen LogP contribution in [0.3, 0.4) is 0 Å². The number of nitriles is 1. The molecule has 2 rings (SSSR count). The van der Waals surface area contributed by atoms with Gasteiger partial charge in [-0.3, -0.25) is 0 Å². The maximum absolute atomic E-state index is 13.6. The van der Waals surface area contributed by atoms with Crippen molar-refractivity contribution in [1.29, 1.82) is 5.26 Å². The number of hydrogen-bond acceptors (Lipinski definition) is 2. The van der Waals surface area contributed by atoms with Crippen LogP contribution < -0.4 is 5.32 Å². The van der Waals surface area contributed by atoms with Crippen molar-refractivity contribution in [2.45, 2.75) is 32.6 Å². The monoisotopic (exact) mass is 250 g/mol. The molecule has 0 atom stereocenters. The molecule has 1 aromatic rings. The smallest absolute Gasteiger partial charge is 0.183 e. The molecule has 1 aromatic carbocycles. The summed E-state index contributed by atoms with van der Waals surface area (Å²) in [7, 11) is 0. The molecular formula is C14H16F2N2. The molecule has 4 heteroatoms. The first-order valence-corrected chi connectivity index (χ1v) is 6.24. The van der Waals surface area contributed by atoms with Crippen molar-refractivity contribution in [3.8, 4) is 6.07 Å². The Morgan fingerprint density at radius 1 is 1.33 bits per heavy atom. The van der Waals surface area contributed by atoms with Crippen molar-refractivity contribution in [2.24, 2.45) is 5.41 Å². The SMILES string of the molecule is CCCC1(CNc2ccc(C#N)c(F)c2F)CC1. The summed E-state index contributed by atoms with van der Waals surface area (Å²) in [6.07, 6.45) is 4.51. The molecule has 1 saturated carbocycles. The van der Waals surface area contributed by atoms with Gasteiger partial charge in [0.15, 0.2) is 11.6 Å². The van der Waals surface area contributed by atoms with E-state index in [0.29, 0.717) is 6.54 Å². The molecule has 0 spiro atoms. The number of rotatable bonds is 5. The highest BCUT2D eigenvalue weighted by atomic mass is 19.2. The normalized spacial score (nSPS) is 16.1. The van der Waals surface area contributed by atoms with Crippen LogP contribution in [0.4, 0.5) is 14.5 Å². The first-order chi connectivity index (χ1) is 8.62. The lowest BCUT2D eigenvalue weighted by Crippen LogP contribution is -2.16. The second-order valence-corrected chi connectivity index (χ2v) is 5.00. The third-order valence-corrected chi connectivity index (χ3v) is 3.59. The second-order valence-electron chi connectivity index (χ2n) is 5.00. The summed E-state index contributed by atoms with van der Waals surface area (Å²) in [5, 5.41) is 11.6. The van der Waals surface area contributed by atoms with Gasteiger partial charge in [0, 0.05) is 6.54 Å². The summed E-state index contributed by atoms with van der Waals surface area (Å²) >= 11 is 0. The van der Waals surface area contributed by atoms with Gasteiger partial charge in [0.05, 0.1) is 11.3 Å². The Morgan fingerprint density at radius 2 is 2.06 bits per heavy atom. The van der Waals surface area contributed by atoms with Crippen LogP contribution >= 0.6 is 0 Å². The minimum Gasteiger partial charge on any atom is -0.382 e. The minimum atomic E-state index is -1.07. The number of nitrogens with one attached hydrogen (secondary N) is 1. The largest absolute Gasteiger partial charge is 0.382 e. The van der Waals surface area contributed by atoms with Gasteiger partial charge in [-0.05, 0) is 36.8 Å². The number of nitrogens with zero attached hydrogens (tertiary/aromatic N) is 1. The quantitative estimate of drug-likeness (QED) is 0.862.